The van der Waals surface area contributed by atoms with Crippen LogP contribution in [0.25, 0.3) is 0 Å². The van der Waals surface area contributed by atoms with E-state index in [1.54, 1.807) is 19.1 Å². The lowest BCUT2D eigenvalue weighted by Crippen LogP contribution is -2.16. The summed E-state index contributed by atoms with van der Waals surface area (Å²) in [5.74, 6) is -3.58. The van der Waals surface area contributed by atoms with Crippen molar-refractivity contribution in [3.63, 3.8) is 0 Å². The summed E-state index contributed by atoms with van der Waals surface area (Å²) in [4.78, 5) is 36.0. The molecule has 0 unspecified atom stereocenters. The van der Waals surface area contributed by atoms with Crippen molar-refractivity contribution in [1.82, 2.24) is 0 Å². The molecule has 0 saturated heterocycles. The molecule has 2 N–H and O–H groups in total. The Labute approximate surface area is 194 Å². The van der Waals surface area contributed by atoms with E-state index in [1.807, 2.05) is 6.92 Å². The van der Waals surface area contributed by atoms with Crippen molar-refractivity contribution in [2.24, 2.45) is 0 Å². The van der Waals surface area contributed by atoms with Crippen molar-refractivity contribution in [3.05, 3.63) is 65.3 Å². The van der Waals surface area contributed by atoms with Gasteiger partial charge in [0, 0.05) is 23.3 Å². The van der Waals surface area contributed by atoms with Crippen LogP contribution in [0.15, 0.2) is 64.6 Å². The number of esters is 2. The topological polar surface area (TPSA) is 135 Å². The fourth-order valence-electron chi connectivity index (χ4n) is 2.62. The standard InChI is InChI=1S/C24H30O8S/c1-4-18(3)23(28)32-24(29)20(7-5-6-15-25)11-10-19(22(26)27)14-16-33(30,31)21-12-8-17(2)9-13-21/h8-13,25H,3-7,14-16H2,1-2H3,(H,26,27). The second-order valence-electron chi connectivity index (χ2n) is 7.39. The monoisotopic (exact) mass is 478 g/mol. The molecular weight excluding hydrogens is 448 g/mol. The van der Waals surface area contributed by atoms with Gasteiger partial charge in [-0.3, -0.25) is 0 Å². The molecule has 180 valence electrons. The summed E-state index contributed by atoms with van der Waals surface area (Å²) in [7, 11) is -3.71. The van der Waals surface area contributed by atoms with Crippen molar-refractivity contribution in [1.29, 1.82) is 0 Å². The first-order valence-electron chi connectivity index (χ1n) is 10.5. The summed E-state index contributed by atoms with van der Waals surface area (Å²) in [5.41, 5.74) is 0.816. The first-order valence-corrected chi connectivity index (χ1v) is 12.1. The van der Waals surface area contributed by atoms with Crippen LogP contribution in [0.3, 0.4) is 0 Å². The summed E-state index contributed by atoms with van der Waals surface area (Å²) >= 11 is 0. The van der Waals surface area contributed by atoms with E-state index in [-0.39, 0.29) is 41.1 Å². The molecule has 0 saturated carbocycles. The largest absolute Gasteiger partial charge is 0.478 e. The van der Waals surface area contributed by atoms with Gasteiger partial charge in [0.2, 0.25) is 0 Å². The van der Waals surface area contributed by atoms with E-state index in [0.29, 0.717) is 19.3 Å². The Morgan fingerprint density at radius 2 is 1.61 bits per heavy atom. The number of carbonyl (C=O) groups is 3. The van der Waals surface area contributed by atoms with E-state index >= 15 is 0 Å². The number of benzene rings is 1. The third-order valence-corrected chi connectivity index (χ3v) is 6.53. The molecule has 8 nitrogen and oxygen atoms in total. The fourth-order valence-corrected chi connectivity index (χ4v) is 3.89. The Hall–Kier alpha value is -3.04. The number of aryl methyl sites for hydroxylation is 1. The van der Waals surface area contributed by atoms with Crippen molar-refractivity contribution >= 4 is 27.7 Å². The van der Waals surface area contributed by atoms with Crippen LogP contribution in [0.5, 0.6) is 0 Å². The van der Waals surface area contributed by atoms with Crippen molar-refractivity contribution in [2.75, 3.05) is 12.4 Å². The maximum Gasteiger partial charge on any atom is 0.341 e. The zero-order valence-corrected chi connectivity index (χ0v) is 19.7. The van der Waals surface area contributed by atoms with E-state index < -0.39 is 33.5 Å². The van der Waals surface area contributed by atoms with Crippen molar-refractivity contribution < 1.29 is 37.8 Å². The molecular formula is C24H30O8S. The third-order valence-electron chi connectivity index (χ3n) is 4.80. The molecule has 0 fully saturated rings. The second-order valence-corrected chi connectivity index (χ2v) is 9.49. The molecule has 0 aliphatic carbocycles. The number of hydrogen-bond donors (Lipinski definition) is 2. The normalized spacial score (nSPS) is 12.3. The highest BCUT2D eigenvalue weighted by Crippen LogP contribution is 2.17. The van der Waals surface area contributed by atoms with Crippen LogP contribution in [0.1, 0.15) is 44.6 Å². The highest BCUT2D eigenvalue weighted by molar-refractivity contribution is 7.91. The van der Waals surface area contributed by atoms with E-state index in [9.17, 15) is 27.9 Å². The molecule has 0 aromatic heterocycles. The number of ether oxygens (including phenoxy) is 1. The third kappa shape index (κ3) is 9.55. The lowest BCUT2D eigenvalue weighted by atomic mass is 10.1. The zero-order valence-electron chi connectivity index (χ0n) is 18.9. The number of rotatable bonds is 13. The van der Waals surface area contributed by atoms with Crippen LogP contribution < -0.4 is 0 Å². The minimum absolute atomic E-state index is 0.0286. The van der Waals surface area contributed by atoms with Crippen LogP contribution in [-0.2, 0) is 29.0 Å². The van der Waals surface area contributed by atoms with Crippen LogP contribution in [0.4, 0.5) is 0 Å². The highest BCUT2D eigenvalue weighted by Gasteiger charge is 2.19. The predicted octanol–water partition coefficient (Wildman–Crippen LogP) is 3.29. The van der Waals surface area contributed by atoms with Crippen molar-refractivity contribution in [2.45, 2.75) is 50.8 Å². The molecule has 9 heteroatoms. The number of carbonyl (C=O) groups excluding carboxylic acids is 2. The Morgan fingerprint density at radius 3 is 2.15 bits per heavy atom. The van der Waals surface area contributed by atoms with Crippen LogP contribution in [0.2, 0.25) is 0 Å². The van der Waals surface area contributed by atoms with Gasteiger partial charge in [-0.1, -0.05) is 43.4 Å². The van der Waals surface area contributed by atoms with Gasteiger partial charge in [-0.25, -0.2) is 22.8 Å². The summed E-state index contributed by atoms with van der Waals surface area (Å²) in [6.45, 7) is 6.91. The van der Waals surface area contributed by atoms with Crippen LogP contribution >= 0.6 is 0 Å². The maximum absolute atomic E-state index is 12.5. The first kappa shape index (κ1) is 28.0. The van der Waals surface area contributed by atoms with Gasteiger partial charge in [-0.15, -0.1) is 0 Å². The number of allylic oxidation sites excluding steroid dienone is 2. The van der Waals surface area contributed by atoms with Crippen molar-refractivity contribution in [3.8, 4) is 0 Å². The Balaban J connectivity index is 3.08. The molecule has 0 amide bonds. The Bertz CT molecular complexity index is 1030. The Kier molecular flexibility index (Phi) is 11.4. The second kappa shape index (κ2) is 13.5. The van der Waals surface area contributed by atoms with Gasteiger partial charge in [-0.05, 0) is 51.2 Å². The molecule has 1 aromatic rings. The minimum Gasteiger partial charge on any atom is -0.478 e. The lowest BCUT2D eigenvalue weighted by Gasteiger charge is -2.08. The van der Waals surface area contributed by atoms with E-state index in [1.165, 1.54) is 18.2 Å². The van der Waals surface area contributed by atoms with E-state index in [2.05, 4.69) is 6.58 Å². The molecule has 0 bridgehead atoms. The number of carboxylic acids is 1. The zero-order chi connectivity index (χ0) is 25.0. The highest BCUT2D eigenvalue weighted by atomic mass is 32.2. The summed E-state index contributed by atoms with van der Waals surface area (Å²) in [6, 6.07) is 6.24. The average molecular weight is 479 g/mol. The van der Waals surface area contributed by atoms with Crippen LogP contribution in [-0.4, -0.2) is 48.9 Å². The molecule has 1 aromatic carbocycles. The number of sulfone groups is 1. The van der Waals surface area contributed by atoms with Crippen LogP contribution in [0, 0.1) is 6.92 Å². The molecule has 33 heavy (non-hydrogen) atoms. The van der Waals surface area contributed by atoms with E-state index in [0.717, 1.165) is 11.6 Å². The SMILES string of the molecule is C=C(CC)C(=O)OC(=O)C(=CC=C(CCS(=O)(=O)c1ccc(C)cc1)C(=O)O)CCCCO. The molecule has 0 aliphatic heterocycles. The molecule has 0 heterocycles. The smallest absolute Gasteiger partial charge is 0.341 e. The molecule has 0 spiro atoms. The maximum atomic E-state index is 12.5. The number of aliphatic carboxylic acids is 1. The van der Waals surface area contributed by atoms with Gasteiger partial charge in [0.25, 0.3) is 0 Å². The van der Waals surface area contributed by atoms with Gasteiger partial charge in [-0.2, -0.15) is 0 Å². The number of aliphatic hydroxyl groups excluding tert-OH is 1. The summed E-state index contributed by atoms with van der Waals surface area (Å²) in [6.07, 6.45) is 3.30. The van der Waals surface area contributed by atoms with E-state index in [4.69, 9.17) is 9.84 Å². The minimum atomic E-state index is -3.71. The molecule has 1 rings (SSSR count). The predicted molar refractivity (Wildman–Crippen MR) is 123 cm³/mol. The average Bonchev–Trinajstić information content (AvgIpc) is 2.77. The molecule has 0 radical (unpaired) electrons. The van der Waals surface area contributed by atoms with Gasteiger partial charge in [0.15, 0.2) is 9.84 Å². The number of hydrogen-bond acceptors (Lipinski definition) is 7. The number of unbranched alkanes of at least 4 members (excludes halogenated alkanes) is 1. The van der Waals surface area contributed by atoms with Gasteiger partial charge < -0.3 is 14.9 Å². The quantitative estimate of drug-likeness (QED) is 0.145. The number of carboxylic acid groups (broad SMARTS) is 1. The lowest BCUT2D eigenvalue weighted by molar-refractivity contribution is -0.154. The Morgan fingerprint density at radius 1 is 1.00 bits per heavy atom. The first-order chi connectivity index (χ1) is 15.5. The van der Waals surface area contributed by atoms with Gasteiger partial charge in [0.05, 0.1) is 10.6 Å². The summed E-state index contributed by atoms with van der Waals surface area (Å²) in [5, 5.41) is 18.5. The fraction of sp³-hybridized carbons (Fsp3) is 0.375. The molecule has 0 aliphatic rings. The van der Waals surface area contributed by atoms with Gasteiger partial charge in [0.1, 0.15) is 0 Å². The number of aliphatic hydroxyl groups is 1. The molecule has 0 atom stereocenters. The van der Waals surface area contributed by atoms with Gasteiger partial charge >= 0.3 is 17.9 Å². The summed E-state index contributed by atoms with van der Waals surface area (Å²) < 4.78 is 29.8.